The summed E-state index contributed by atoms with van der Waals surface area (Å²) in [4.78, 5) is 17.1. The van der Waals surface area contributed by atoms with E-state index >= 15 is 0 Å². The van der Waals surface area contributed by atoms with Gasteiger partial charge in [-0.15, -0.1) is 0 Å². The quantitative estimate of drug-likeness (QED) is 0.718. The van der Waals surface area contributed by atoms with Crippen LogP contribution < -0.4 is 16.4 Å². The van der Waals surface area contributed by atoms with Gasteiger partial charge in [-0.25, -0.2) is 0 Å². The SMILES string of the molecule is Nc1c2c(nn1C(=O)C1CCNc3ccncc31)CNCC2. The fourth-order valence-corrected chi connectivity index (χ4v) is 3.27. The molecule has 1 atom stereocenters. The van der Waals surface area contributed by atoms with Crippen molar-refractivity contribution in [3.63, 3.8) is 0 Å². The molecule has 4 rings (SSSR count). The van der Waals surface area contributed by atoms with Gasteiger partial charge in [-0.1, -0.05) is 0 Å². The number of fused-ring (bicyclic) bond motifs is 2. The molecule has 0 amide bonds. The second kappa shape index (κ2) is 5.10. The van der Waals surface area contributed by atoms with Gasteiger partial charge in [0.1, 0.15) is 5.82 Å². The average Bonchev–Trinajstić information content (AvgIpc) is 2.91. The first-order valence-corrected chi connectivity index (χ1v) is 7.54. The number of pyridine rings is 1. The van der Waals surface area contributed by atoms with Crippen LogP contribution in [0.2, 0.25) is 0 Å². The van der Waals surface area contributed by atoms with Gasteiger partial charge < -0.3 is 16.4 Å². The highest BCUT2D eigenvalue weighted by atomic mass is 16.2. The first-order valence-electron chi connectivity index (χ1n) is 7.54. The van der Waals surface area contributed by atoms with Crippen LogP contribution in [0.15, 0.2) is 18.5 Å². The van der Waals surface area contributed by atoms with Crippen LogP contribution >= 0.6 is 0 Å². The molecule has 0 radical (unpaired) electrons. The maximum atomic E-state index is 12.9. The highest BCUT2D eigenvalue weighted by molar-refractivity contribution is 5.90. The van der Waals surface area contributed by atoms with E-state index in [2.05, 4.69) is 20.7 Å². The van der Waals surface area contributed by atoms with Crippen LogP contribution in [0.1, 0.15) is 34.0 Å². The molecule has 2 aliphatic rings. The molecule has 0 spiro atoms. The zero-order valence-corrected chi connectivity index (χ0v) is 12.2. The minimum atomic E-state index is -0.249. The number of carbonyl (C=O) groups is 1. The van der Waals surface area contributed by atoms with Gasteiger partial charge in [0.05, 0.1) is 11.6 Å². The van der Waals surface area contributed by atoms with Crippen molar-refractivity contribution in [2.45, 2.75) is 25.3 Å². The van der Waals surface area contributed by atoms with Gasteiger partial charge in [0, 0.05) is 42.3 Å². The third-order valence-corrected chi connectivity index (χ3v) is 4.43. The lowest BCUT2D eigenvalue weighted by Crippen LogP contribution is -2.28. The smallest absolute Gasteiger partial charge is 0.256 e. The number of nitrogens with one attached hydrogen (secondary N) is 2. The maximum Gasteiger partial charge on any atom is 0.256 e. The van der Waals surface area contributed by atoms with E-state index in [1.807, 2.05) is 6.07 Å². The van der Waals surface area contributed by atoms with Crippen molar-refractivity contribution in [2.24, 2.45) is 0 Å². The number of nitrogen functional groups attached to an aromatic ring is 1. The average molecular weight is 298 g/mol. The van der Waals surface area contributed by atoms with E-state index in [0.717, 1.165) is 48.4 Å². The van der Waals surface area contributed by atoms with E-state index in [1.54, 1.807) is 12.4 Å². The molecular formula is C15H18N6O. The summed E-state index contributed by atoms with van der Waals surface area (Å²) in [5, 5.41) is 11.0. The molecule has 2 aromatic heterocycles. The normalized spacial score (nSPS) is 19.9. The first-order chi connectivity index (χ1) is 10.8. The Balaban J connectivity index is 1.73. The van der Waals surface area contributed by atoms with Crippen LogP contribution in [0.5, 0.6) is 0 Å². The molecule has 0 fully saturated rings. The van der Waals surface area contributed by atoms with E-state index in [1.165, 1.54) is 4.68 Å². The van der Waals surface area contributed by atoms with E-state index in [0.29, 0.717) is 12.4 Å². The monoisotopic (exact) mass is 298 g/mol. The Bertz CT molecular complexity index is 738. The standard InChI is InChI=1S/C15H18N6O/c16-14-10-1-4-18-8-13(10)20-21(14)15(22)9-2-6-19-12-3-5-17-7-11(9)12/h3,5,7,9,18-19H,1-2,4,6,8,16H2. The summed E-state index contributed by atoms with van der Waals surface area (Å²) in [6.45, 7) is 2.30. The molecule has 7 heteroatoms. The summed E-state index contributed by atoms with van der Waals surface area (Å²) in [7, 11) is 0. The largest absolute Gasteiger partial charge is 0.385 e. The minimum Gasteiger partial charge on any atom is -0.385 e. The number of hydrogen-bond donors (Lipinski definition) is 3. The summed E-state index contributed by atoms with van der Waals surface area (Å²) < 4.78 is 1.39. The summed E-state index contributed by atoms with van der Waals surface area (Å²) in [6.07, 6.45) is 5.02. The van der Waals surface area contributed by atoms with Crippen LogP contribution in [-0.2, 0) is 13.0 Å². The van der Waals surface area contributed by atoms with Crippen molar-refractivity contribution < 1.29 is 4.79 Å². The lowest BCUT2D eigenvalue weighted by Gasteiger charge is -2.25. The number of nitrogens with two attached hydrogens (primary N) is 1. The van der Waals surface area contributed by atoms with Crippen molar-refractivity contribution >= 4 is 17.4 Å². The van der Waals surface area contributed by atoms with Gasteiger partial charge in [0.2, 0.25) is 0 Å². The molecule has 2 aliphatic heterocycles. The lowest BCUT2D eigenvalue weighted by molar-refractivity contribution is 0.0859. The van der Waals surface area contributed by atoms with E-state index in [4.69, 9.17) is 5.73 Å². The summed E-state index contributed by atoms with van der Waals surface area (Å²) in [6, 6.07) is 1.90. The lowest BCUT2D eigenvalue weighted by atomic mass is 9.92. The molecule has 7 nitrogen and oxygen atoms in total. The molecule has 0 aliphatic carbocycles. The Morgan fingerprint density at radius 3 is 3.18 bits per heavy atom. The van der Waals surface area contributed by atoms with Crippen LogP contribution in [0.3, 0.4) is 0 Å². The van der Waals surface area contributed by atoms with Crippen LogP contribution in [0, 0.1) is 0 Å². The maximum absolute atomic E-state index is 12.9. The molecule has 1 unspecified atom stereocenters. The molecule has 0 bridgehead atoms. The van der Waals surface area contributed by atoms with E-state index in [9.17, 15) is 4.79 Å². The second-order valence-corrected chi connectivity index (χ2v) is 5.72. The Hall–Kier alpha value is -2.41. The topological polar surface area (TPSA) is 97.9 Å². The molecule has 4 heterocycles. The van der Waals surface area contributed by atoms with Gasteiger partial charge in [-0.2, -0.15) is 9.78 Å². The fraction of sp³-hybridized carbons (Fsp3) is 0.400. The van der Waals surface area contributed by atoms with Crippen molar-refractivity contribution in [3.05, 3.63) is 35.3 Å². The van der Waals surface area contributed by atoms with E-state index in [-0.39, 0.29) is 11.8 Å². The van der Waals surface area contributed by atoms with Crippen molar-refractivity contribution in [3.8, 4) is 0 Å². The first kappa shape index (κ1) is 13.3. The molecule has 0 saturated carbocycles. The number of nitrogens with zero attached hydrogens (tertiary/aromatic N) is 3. The third-order valence-electron chi connectivity index (χ3n) is 4.43. The summed E-state index contributed by atoms with van der Waals surface area (Å²) >= 11 is 0. The zero-order chi connectivity index (χ0) is 15.1. The van der Waals surface area contributed by atoms with Crippen LogP contribution in [0.25, 0.3) is 0 Å². The highest BCUT2D eigenvalue weighted by Gasteiger charge is 2.31. The van der Waals surface area contributed by atoms with Crippen molar-refractivity contribution in [2.75, 3.05) is 24.1 Å². The van der Waals surface area contributed by atoms with Crippen LogP contribution in [0.4, 0.5) is 11.5 Å². The molecular weight excluding hydrogens is 280 g/mol. The Morgan fingerprint density at radius 1 is 1.41 bits per heavy atom. The van der Waals surface area contributed by atoms with Gasteiger partial charge in [-0.3, -0.25) is 9.78 Å². The third kappa shape index (κ3) is 1.97. The van der Waals surface area contributed by atoms with Gasteiger partial charge in [0.25, 0.3) is 5.91 Å². The van der Waals surface area contributed by atoms with Gasteiger partial charge in [-0.05, 0) is 25.5 Å². The second-order valence-electron chi connectivity index (χ2n) is 5.72. The number of hydrogen-bond acceptors (Lipinski definition) is 6. The molecule has 4 N–H and O–H groups in total. The molecule has 0 aromatic carbocycles. The number of rotatable bonds is 1. The molecule has 2 aromatic rings. The zero-order valence-electron chi connectivity index (χ0n) is 12.2. The summed E-state index contributed by atoms with van der Waals surface area (Å²) in [5.74, 6) is 0.176. The Morgan fingerprint density at radius 2 is 2.32 bits per heavy atom. The fourth-order valence-electron chi connectivity index (χ4n) is 3.27. The van der Waals surface area contributed by atoms with Crippen molar-refractivity contribution in [1.82, 2.24) is 20.1 Å². The number of carbonyl (C=O) groups excluding carboxylic acids is 1. The Labute approximate surface area is 127 Å². The highest BCUT2D eigenvalue weighted by Crippen LogP contribution is 2.33. The van der Waals surface area contributed by atoms with Crippen molar-refractivity contribution in [1.29, 1.82) is 0 Å². The minimum absolute atomic E-state index is 0.0670. The number of aromatic nitrogens is 3. The molecule has 114 valence electrons. The van der Waals surface area contributed by atoms with E-state index < -0.39 is 0 Å². The van der Waals surface area contributed by atoms with Crippen LogP contribution in [-0.4, -0.2) is 33.8 Å². The van der Waals surface area contributed by atoms with Gasteiger partial charge in [0.15, 0.2) is 0 Å². The predicted octanol–water partition coefficient (Wildman–Crippen LogP) is 0.746. The summed E-state index contributed by atoms with van der Waals surface area (Å²) in [5.41, 5.74) is 9.96. The predicted molar refractivity (Wildman–Crippen MR) is 82.8 cm³/mol. The Kier molecular flexibility index (Phi) is 3.07. The number of anilines is 2. The molecule has 22 heavy (non-hydrogen) atoms. The van der Waals surface area contributed by atoms with Gasteiger partial charge >= 0.3 is 0 Å². The molecule has 0 saturated heterocycles.